The topological polar surface area (TPSA) is 65.1 Å². The molecule has 0 amide bonds. The number of nitrogens with two attached hydrogens (primary N) is 1. The summed E-state index contributed by atoms with van der Waals surface area (Å²) in [5, 5.41) is 4.37. The molecule has 0 saturated heterocycles. The first kappa shape index (κ1) is 18.4. The third-order valence-electron chi connectivity index (χ3n) is 3.00. The maximum atomic E-state index is 12.0. The minimum absolute atomic E-state index is 0.00869. The van der Waals surface area contributed by atoms with Crippen molar-refractivity contribution in [3.63, 3.8) is 0 Å². The van der Waals surface area contributed by atoms with Crippen molar-refractivity contribution < 1.29 is 17.9 Å². The smallest absolute Gasteiger partial charge is 0.372 e. The molecule has 0 radical (unpaired) electrons. The average molecular weight is 373 g/mol. The van der Waals surface area contributed by atoms with Gasteiger partial charge in [0.15, 0.2) is 0 Å². The molecule has 0 aromatic carbocycles. The molecule has 21 heavy (non-hydrogen) atoms. The second kappa shape index (κ2) is 8.11. The van der Waals surface area contributed by atoms with Gasteiger partial charge in [0.1, 0.15) is 6.61 Å². The summed E-state index contributed by atoms with van der Waals surface area (Å²) in [5.41, 5.74) is 4.45. The predicted molar refractivity (Wildman–Crippen MR) is 76.6 cm³/mol. The zero-order chi connectivity index (χ0) is 16.0. The fourth-order valence-corrected chi connectivity index (χ4v) is 2.40. The third kappa shape index (κ3) is 5.93. The van der Waals surface area contributed by atoms with Gasteiger partial charge in [-0.15, -0.1) is 0 Å². The van der Waals surface area contributed by atoms with Gasteiger partial charge in [-0.2, -0.15) is 18.3 Å². The van der Waals surface area contributed by atoms with Gasteiger partial charge in [-0.25, -0.2) is 0 Å². The molecular weight excluding hydrogens is 353 g/mol. The Morgan fingerprint density at radius 2 is 2.14 bits per heavy atom. The van der Waals surface area contributed by atoms with E-state index in [1.807, 2.05) is 18.5 Å². The molecule has 0 fully saturated rings. The van der Waals surface area contributed by atoms with E-state index in [0.29, 0.717) is 19.4 Å². The van der Waals surface area contributed by atoms with Crippen LogP contribution in [0.25, 0.3) is 0 Å². The summed E-state index contributed by atoms with van der Waals surface area (Å²) < 4.78 is 43.3. The molecule has 0 aliphatic rings. The lowest BCUT2D eigenvalue weighted by molar-refractivity contribution is -0.174. The molecule has 0 spiro atoms. The molecule has 0 aliphatic heterocycles. The molecule has 0 aliphatic carbocycles. The van der Waals surface area contributed by atoms with E-state index in [1.165, 1.54) is 0 Å². The van der Waals surface area contributed by atoms with E-state index in [-0.39, 0.29) is 12.6 Å². The first-order chi connectivity index (χ1) is 9.78. The first-order valence-corrected chi connectivity index (χ1v) is 7.40. The van der Waals surface area contributed by atoms with Crippen molar-refractivity contribution in [2.45, 2.75) is 45.5 Å². The highest BCUT2D eigenvalue weighted by Gasteiger charge is 2.27. The van der Waals surface area contributed by atoms with E-state index in [9.17, 15) is 13.2 Å². The van der Waals surface area contributed by atoms with Crippen LogP contribution in [0.15, 0.2) is 4.47 Å². The van der Waals surface area contributed by atoms with Crippen LogP contribution >= 0.6 is 15.9 Å². The molecule has 1 aromatic rings. The van der Waals surface area contributed by atoms with Crippen molar-refractivity contribution in [3.8, 4) is 0 Å². The van der Waals surface area contributed by atoms with Gasteiger partial charge in [0.2, 0.25) is 0 Å². The quantitative estimate of drug-likeness (QED) is 0.417. The lowest BCUT2D eigenvalue weighted by atomic mass is 10.1. The van der Waals surface area contributed by atoms with E-state index in [0.717, 1.165) is 15.9 Å². The van der Waals surface area contributed by atoms with Crippen LogP contribution in [0.2, 0.25) is 0 Å². The van der Waals surface area contributed by atoms with Gasteiger partial charge in [-0.05, 0) is 36.2 Å². The lowest BCUT2D eigenvalue weighted by Crippen LogP contribution is -2.38. The van der Waals surface area contributed by atoms with Crippen molar-refractivity contribution in [1.29, 1.82) is 0 Å². The van der Waals surface area contributed by atoms with Crippen LogP contribution in [0.4, 0.5) is 13.2 Å². The highest BCUT2D eigenvalue weighted by Crippen LogP contribution is 2.23. The number of alkyl halides is 3. The Morgan fingerprint density at radius 1 is 1.48 bits per heavy atom. The summed E-state index contributed by atoms with van der Waals surface area (Å²) in [4.78, 5) is 0. The number of hydrogen-bond donors (Lipinski definition) is 2. The van der Waals surface area contributed by atoms with Gasteiger partial charge < -0.3 is 4.74 Å². The van der Waals surface area contributed by atoms with Crippen LogP contribution in [0.3, 0.4) is 0 Å². The van der Waals surface area contributed by atoms with Gasteiger partial charge in [0.25, 0.3) is 0 Å². The standard InChI is InChI=1S/C12H20BrF3N4O/c1-3-20-10(11(13)8(2)19-20)6-9(18-17)4-5-21-7-12(14,15)16/h9,18H,3-7,17H2,1-2H3. The Hall–Kier alpha value is -0.640. The van der Waals surface area contributed by atoms with Gasteiger partial charge in [0, 0.05) is 25.6 Å². The molecule has 0 saturated carbocycles. The molecule has 1 heterocycles. The van der Waals surface area contributed by atoms with Gasteiger partial charge >= 0.3 is 6.18 Å². The number of halogens is 4. The maximum Gasteiger partial charge on any atom is 0.411 e. The molecule has 0 bridgehead atoms. The van der Waals surface area contributed by atoms with E-state index < -0.39 is 12.8 Å². The van der Waals surface area contributed by atoms with Crippen LogP contribution in [0, 0.1) is 6.92 Å². The summed E-state index contributed by atoms with van der Waals surface area (Å²) in [6, 6.07) is -0.184. The fraction of sp³-hybridized carbons (Fsp3) is 0.750. The summed E-state index contributed by atoms with van der Waals surface area (Å²) in [5.74, 6) is 5.46. The van der Waals surface area contributed by atoms with Crippen molar-refractivity contribution >= 4 is 15.9 Å². The number of nitrogens with one attached hydrogen (secondary N) is 1. The molecule has 5 nitrogen and oxygen atoms in total. The Bertz CT molecular complexity index is 450. The number of nitrogens with zero attached hydrogens (tertiary/aromatic N) is 2. The third-order valence-corrected chi connectivity index (χ3v) is 4.04. The second-order valence-corrected chi connectivity index (χ2v) is 5.48. The molecule has 3 N–H and O–H groups in total. The summed E-state index contributed by atoms with van der Waals surface area (Å²) in [6.45, 7) is 3.33. The predicted octanol–water partition coefficient (Wildman–Crippen LogP) is 2.32. The number of hydrazine groups is 1. The van der Waals surface area contributed by atoms with Crippen molar-refractivity contribution in [1.82, 2.24) is 15.2 Å². The number of hydrogen-bond acceptors (Lipinski definition) is 4. The molecular formula is C12H20BrF3N4O. The molecule has 1 atom stereocenters. The minimum atomic E-state index is -4.30. The summed E-state index contributed by atoms with van der Waals surface area (Å²) >= 11 is 3.48. The van der Waals surface area contributed by atoms with Gasteiger partial charge in [0.05, 0.1) is 15.9 Å². The molecule has 1 rings (SSSR count). The molecule has 1 unspecified atom stereocenters. The SMILES string of the molecule is CCn1nc(C)c(Br)c1CC(CCOCC(F)(F)F)NN. The van der Waals surface area contributed by atoms with Crippen LogP contribution < -0.4 is 11.3 Å². The normalized spacial score (nSPS) is 13.7. The number of ether oxygens (including phenoxy) is 1. The van der Waals surface area contributed by atoms with Gasteiger partial charge in [-0.1, -0.05) is 0 Å². The molecule has 1 aromatic heterocycles. The van der Waals surface area contributed by atoms with Gasteiger partial charge in [-0.3, -0.25) is 16.0 Å². The van der Waals surface area contributed by atoms with Crippen LogP contribution in [0.5, 0.6) is 0 Å². The molecule has 122 valence electrons. The Kier molecular flexibility index (Phi) is 7.11. The van der Waals surface area contributed by atoms with Crippen molar-refractivity contribution in [3.05, 3.63) is 15.9 Å². The highest BCUT2D eigenvalue weighted by molar-refractivity contribution is 9.10. The Balaban J connectivity index is 2.54. The van der Waals surface area contributed by atoms with E-state index in [1.54, 1.807) is 0 Å². The van der Waals surface area contributed by atoms with Crippen LogP contribution in [0.1, 0.15) is 24.7 Å². The van der Waals surface area contributed by atoms with Crippen LogP contribution in [-0.4, -0.2) is 35.2 Å². The number of rotatable bonds is 8. The Labute approximate surface area is 130 Å². The van der Waals surface area contributed by atoms with E-state index in [4.69, 9.17) is 5.84 Å². The zero-order valence-corrected chi connectivity index (χ0v) is 13.6. The monoisotopic (exact) mass is 372 g/mol. The largest absolute Gasteiger partial charge is 0.411 e. The van der Waals surface area contributed by atoms with Crippen molar-refractivity contribution in [2.75, 3.05) is 13.2 Å². The van der Waals surface area contributed by atoms with Crippen LogP contribution in [-0.2, 0) is 17.7 Å². The second-order valence-electron chi connectivity index (χ2n) is 4.69. The average Bonchev–Trinajstić information content (AvgIpc) is 2.68. The summed E-state index contributed by atoms with van der Waals surface area (Å²) in [6.07, 6.45) is -3.36. The number of aromatic nitrogens is 2. The number of aryl methyl sites for hydroxylation is 2. The maximum absolute atomic E-state index is 12.0. The summed E-state index contributed by atoms with van der Waals surface area (Å²) in [7, 11) is 0. The Morgan fingerprint density at radius 3 is 2.67 bits per heavy atom. The fourth-order valence-electron chi connectivity index (χ4n) is 1.96. The molecule has 9 heteroatoms. The lowest BCUT2D eigenvalue weighted by Gasteiger charge is -2.17. The zero-order valence-electron chi connectivity index (χ0n) is 12.0. The van der Waals surface area contributed by atoms with Crippen molar-refractivity contribution in [2.24, 2.45) is 5.84 Å². The highest BCUT2D eigenvalue weighted by atomic mass is 79.9. The van der Waals surface area contributed by atoms with E-state index >= 15 is 0 Å². The van der Waals surface area contributed by atoms with E-state index in [2.05, 4.69) is 31.2 Å². The first-order valence-electron chi connectivity index (χ1n) is 6.60. The minimum Gasteiger partial charge on any atom is -0.372 e.